The molecule has 5 rings (SSSR count). The molecule has 2 saturated carbocycles. The van der Waals surface area contributed by atoms with E-state index in [1.807, 2.05) is 0 Å². The van der Waals surface area contributed by atoms with E-state index in [-0.39, 0.29) is 23.6 Å². The molecule has 5 aliphatic rings. The highest BCUT2D eigenvalue weighted by Crippen LogP contribution is 2.62. The fourth-order valence-electron chi connectivity index (χ4n) is 7.14. The Morgan fingerprint density at radius 2 is 1.96 bits per heavy atom. The number of epoxide rings is 1. The van der Waals surface area contributed by atoms with Crippen LogP contribution in [0.4, 0.5) is 0 Å². The lowest BCUT2D eigenvalue weighted by molar-refractivity contribution is -0.147. The first-order chi connectivity index (χ1) is 12.3. The van der Waals surface area contributed by atoms with Gasteiger partial charge in [-0.25, -0.2) is 0 Å². The first kappa shape index (κ1) is 17.5. The third-order valence-corrected chi connectivity index (χ3v) is 8.51. The fraction of sp³-hybridized carbons (Fsp3) is 0.955. The number of carbonyl (C=O) groups excluding carboxylic acids is 1. The highest BCUT2D eigenvalue weighted by atomic mass is 16.6. The Labute approximate surface area is 158 Å². The summed E-state index contributed by atoms with van der Waals surface area (Å²) in [5, 5.41) is 0. The molecule has 1 spiro atoms. The van der Waals surface area contributed by atoms with E-state index in [1.54, 1.807) is 0 Å². The average Bonchev–Trinajstić information content (AvgIpc) is 3.25. The Morgan fingerprint density at radius 1 is 1.15 bits per heavy atom. The minimum absolute atomic E-state index is 0.0798. The van der Waals surface area contributed by atoms with Crippen molar-refractivity contribution in [3.63, 3.8) is 0 Å². The molecule has 5 fully saturated rings. The van der Waals surface area contributed by atoms with E-state index in [0.29, 0.717) is 22.7 Å². The van der Waals surface area contributed by atoms with Crippen LogP contribution < -0.4 is 0 Å². The van der Waals surface area contributed by atoms with Crippen LogP contribution in [0.25, 0.3) is 0 Å². The van der Waals surface area contributed by atoms with E-state index >= 15 is 0 Å². The van der Waals surface area contributed by atoms with Crippen molar-refractivity contribution in [2.45, 2.75) is 77.4 Å². The topological polar surface area (TPSA) is 42.1 Å². The molecule has 146 valence electrons. The molecule has 3 heterocycles. The van der Waals surface area contributed by atoms with Gasteiger partial charge in [0, 0.05) is 19.0 Å². The van der Waals surface area contributed by atoms with Crippen LogP contribution in [-0.4, -0.2) is 48.8 Å². The molecule has 4 nitrogen and oxygen atoms in total. The molecule has 0 radical (unpaired) electrons. The monoisotopic (exact) mass is 361 g/mol. The van der Waals surface area contributed by atoms with E-state index in [9.17, 15) is 4.79 Å². The number of likely N-dealkylation sites (tertiary alicyclic amines) is 1. The second-order valence-corrected chi connectivity index (χ2v) is 11.1. The summed E-state index contributed by atoms with van der Waals surface area (Å²) in [6, 6.07) is 0. The van der Waals surface area contributed by atoms with Crippen molar-refractivity contribution in [3.8, 4) is 0 Å². The minimum atomic E-state index is 0.0798. The SMILES string of the molecule is CC1(C)CCCN(C[C@H]2C(=O)O[C@@H]3C[C@@]4(C)CCC[C@]5(CO5)[C@H]4C[C@@H]32)C1. The van der Waals surface area contributed by atoms with E-state index in [0.717, 1.165) is 39.1 Å². The Morgan fingerprint density at radius 3 is 2.69 bits per heavy atom. The molecule has 0 aromatic heterocycles. The van der Waals surface area contributed by atoms with Gasteiger partial charge in [-0.05, 0) is 68.2 Å². The number of nitrogens with zero attached hydrogens (tertiary/aromatic N) is 1. The summed E-state index contributed by atoms with van der Waals surface area (Å²) in [6.07, 6.45) is 8.66. The number of hydrogen-bond acceptors (Lipinski definition) is 4. The molecular formula is C22H35NO3. The summed E-state index contributed by atoms with van der Waals surface area (Å²) in [6.45, 7) is 11.3. The van der Waals surface area contributed by atoms with Crippen molar-refractivity contribution < 1.29 is 14.3 Å². The van der Waals surface area contributed by atoms with E-state index in [1.165, 1.54) is 32.1 Å². The van der Waals surface area contributed by atoms with Gasteiger partial charge in [-0.3, -0.25) is 4.79 Å². The largest absolute Gasteiger partial charge is 0.462 e. The van der Waals surface area contributed by atoms with Gasteiger partial charge in [0.15, 0.2) is 0 Å². The molecule has 6 atom stereocenters. The highest BCUT2D eigenvalue weighted by Gasteiger charge is 2.65. The van der Waals surface area contributed by atoms with Crippen LogP contribution in [0.3, 0.4) is 0 Å². The molecular weight excluding hydrogens is 326 g/mol. The maximum absolute atomic E-state index is 12.8. The number of esters is 1. The van der Waals surface area contributed by atoms with E-state index < -0.39 is 0 Å². The van der Waals surface area contributed by atoms with Crippen LogP contribution in [0.1, 0.15) is 65.7 Å². The van der Waals surface area contributed by atoms with Crippen LogP contribution in [0.15, 0.2) is 0 Å². The lowest BCUT2D eigenvalue weighted by atomic mass is 9.53. The summed E-state index contributed by atoms with van der Waals surface area (Å²) in [5.41, 5.74) is 0.833. The first-order valence-corrected chi connectivity index (χ1v) is 10.9. The summed E-state index contributed by atoms with van der Waals surface area (Å²) in [5.74, 6) is 1.19. The summed E-state index contributed by atoms with van der Waals surface area (Å²) >= 11 is 0. The molecule has 4 heteroatoms. The van der Waals surface area contributed by atoms with Gasteiger partial charge in [-0.1, -0.05) is 20.8 Å². The van der Waals surface area contributed by atoms with Gasteiger partial charge < -0.3 is 14.4 Å². The third-order valence-electron chi connectivity index (χ3n) is 8.51. The second kappa shape index (κ2) is 5.70. The molecule has 0 bridgehead atoms. The van der Waals surface area contributed by atoms with Gasteiger partial charge in [0.1, 0.15) is 6.10 Å². The summed E-state index contributed by atoms with van der Waals surface area (Å²) in [7, 11) is 0. The maximum Gasteiger partial charge on any atom is 0.310 e. The Hall–Kier alpha value is -0.610. The van der Waals surface area contributed by atoms with Gasteiger partial charge in [-0.15, -0.1) is 0 Å². The van der Waals surface area contributed by atoms with Crippen molar-refractivity contribution in [2.24, 2.45) is 28.6 Å². The molecule has 0 unspecified atom stereocenters. The van der Waals surface area contributed by atoms with Gasteiger partial charge in [0.2, 0.25) is 0 Å². The molecule has 3 saturated heterocycles. The molecule has 0 aromatic carbocycles. The zero-order valence-corrected chi connectivity index (χ0v) is 16.8. The third kappa shape index (κ3) is 2.74. The highest BCUT2D eigenvalue weighted by molar-refractivity contribution is 5.75. The van der Waals surface area contributed by atoms with Crippen molar-refractivity contribution >= 4 is 5.97 Å². The normalized spacial score (nSPS) is 50.2. The van der Waals surface area contributed by atoms with Crippen molar-refractivity contribution in [3.05, 3.63) is 0 Å². The van der Waals surface area contributed by atoms with E-state index in [2.05, 4.69) is 25.7 Å². The van der Waals surface area contributed by atoms with Crippen LogP contribution >= 0.6 is 0 Å². The quantitative estimate of drug-likeness (QED) is 0.556. The van der Waals surface area contributed by atoms with Crippen molar-refractivity contribution in [1.29, 1.82) is 0 Å². The molecule has 3 aliphatic heterocycles. The average molecular weight is 362 g/mol. The fourth-order valence-corrected chi connectivity index (χ4v) is 7.14. The maximum atomic E-state index is 12.8. The van der Waals surface area contributed by atoms with Gasteiger partial charge in [-0.2, -0.15) is 0 Å². The lowest BCUT2D eigenvalue weighted by Crippen LogP contribution is -2.51. The Kier molecular flexibility index (Phi) is 3.83. The van der Waals surface area contributed by atoms with Gasteiger partial charge in [0.05, 0.1) is 18.1 Å². The van der Waals surface area contributed by atoms with Crippen LogP contribution in [-0.2, 0) is 14.3 Å². The first-order valence-electron chi connectivity index (χ1n) is 10.9. The van der Waals surface area contributed by atoms with Crippen LogP contribution in [0.2, 0.25) is 0 Å². The molecule has 26 heavy (non-hydrogen) atoms. The number of hydrogen-bond donors (Lipinski definition) is 0. The Balaban J connectivity index is 1.34. The molecule has 0 amide bonds. The molecule has 0 N–H and O–H groups in total. The molecule has 0 aromatic rings. The standard InChI is InChI=1S/C22H35NO3/c1-20(2)6-5-9-23(13-20)12-16-15-10-18-21(3,11-17(15)26-19(16)24)7-4-8-22(18)14-25-22/h15-18H,4-14H2,1-3H3/t15-,16-,17-,18+,21-,22+/m1/s1. The minimum Gasteiger partial charge on any atom is -0.462 e. The zero-order chi connectivity index (χ0) is 18.2. The van der Waals surface area contributed by atoms with Gasteiger partial charge >= 0.3 is 5.97 Å². The predicted octanol–water partition coefficient (Wildman–Crippen LogP) is 3.64. The number of piperidine rings is 1. The molecule has 2 aliphatic carbocycles. The zero-order valence-electron chi connectivity index (χ0n) is 16.8. The number of carbonyl (C=O) groups is 1. The smallest absolute Gasteiger partial charge is 0.310 e. The summed E-state index contributed by atoms with van der Waals surface area (Å²) < 4.78 is 12.0. The van der Waals surface area contributed by atoms with Gasteiger partial charge in [0.25, 0.3) is 0 Å². The second-order valence-electron chi connectivity index (χ2n) is 11.1. The lowest BCUT2D eigenvalue weighted by Gasteiger charge is -2.51. The summed E-state index contributed by atoms with van der Waals surface area (Å²) in [4.78, 5) is 15.3. The predicted molar refractivity (Wildman–Crippen MR) is 99.7 cm³/mol. The number of ether oxygens (including phenoxy) is 2. The number of rotatable bonds is 2. The van der Waals surface area contributed by atoms with Crippen LogP contribution in [0.5, 0.6) is 0 Å². The number of fused-ring (bicyclic) bond motifs is 3. The Bertz CT molecular complexity index is 598. The van der Waals surface area contributed by atoms with Crippen LogP contribution in [0, 0.1) is 28.6 Å². The van der Waals surface area contributed by atoms with Crippen molar-refractivity contribution in [1.82, 2.24) is 4.90 Å². The van der Waals surface area contributed by atoms with E-state index in [4.69, 9.17) is 9.47 Å². The van der Waals surface area contributed by atoms with Crippen molar-refractivity contribution in [2.75, 3.05) is 26.2 Å².